The number of pyridine rings is 1. The standard InChI is InChI=1S/C35H43N7O5/c1-35(2)12-9-28(35)37-31(44)23-3-7-29(36-20-23)41-13-10-22(11-14-41)21-39-15-17-40(18-16-39)24-4-5-25-26(19-24)34(47)42(33(25)46)27-6-8-30(43)38-32(27)45/h3-5,7,19-20,22,27-28H,6,8-18,21H2,1-2H3,(H,37,44)(H,38,43,45). The van der Waals surface area contributed by atoms with E-state index in [1.54, 1.807) is 18.3 Å². The Labute approximate surface area is 274 Å². The molecule has 2 N–H and O–H groups in total. The minimum absolute atomic E-state index is 0.0446. The van der Waals surface area contributed by atoms with Crippen LogP contribution in [0.15, 0.2) is 36.5 Å². The Morgan fingerprint density at radius 3 is 2.28 bits per heavy atom. The Morgan fingerprint density at radius 2 is 1.64 bits per heavy atom. The molecule has 4 fully saturated rings. The molecule has 5 aliphatic rings. The number of aromatic nitrogens is 1. The predicted molar refractivity (Wildman–Crippen MR) is 175 cm³/mol. The van der Waals surface area contributed by atoms with Crippen LogP contribution in [0, 0.1) is 11.3 Å². The first-order valence-corrected chi connectivity index (χ1v) is 16.9. The number of nitrogens with one attached hydrogen (secondary N) is 2. The van der Waals surface area contributed by atoms with Crippen molar-refractivity contribution in [1.82, 2.24) is 25.4 Å². The molecular weight excluding hydrogens is 598 g/mol. The number of piperazine rings is 1. The molecule has 7 rings (SSSR count). The number of carbonyl (C=O) groups is 5. The molecule has 0 radical (unpaired) electrons. The summed E-state index contributed by atoms with van der Waals surface area (Å²) in [6.45, 7) is 10.8. The summed E-state index contributed by atoms with van der Waals surface area (Å²) in [6.07, 6.45) is 6.29. The van der Waals surface area contributed by atoms with Crippen LogP contribution < -0.4 is 20.4 Å². The van der Waals surface area contributed by atoms with Crippen LogP contribution >= 0.6 is 0 Å². The molecule has 2 unspecified atom stereocenters. The lowest BCUT2D eigenvalue weighted by atomic mass is 9.67. The molecule has 1 aromatic heterocycles. The van der Waals surface area contributed by atoms with Crippen LogP contribution in [0.3, 0.4) is 0 Å². The lowest BCUT2D eigenvalue weighted by Gasteiger charge is -2.44. The highest BCUT2D eigenvalue weighted by atomic mass is 16.2. The van der Waals surface area contributed by atoms with Crippen LogP contribution in [0.1, 0.15) is 83.4 Å². The molecular formula is C35H43N7O5. The SMILES string of the molecule is CC1(C)CCC1NC(=O)c1ccc(N2CCC(CN3CCN(c4ccc5c(c4)C(=O)N(C4CCC(=O)NC4=O)C5=O)CC3)CC2)nc1. The number of nitrogens with zero attached hydrogens (tertiary/aromatic N) is 5. The van der Waals surface area contributed by atoms with Gasteiger partial charge in [0, 0.05) is 70.2 Å². The topological polar surface area (TPSA) is 135 Å². The summed E-state index contributed by atoms with van der Waals surface area (Å²) in [5.74, 6) is -0.456. The number of amides is 5. The highest BCUT2D eigenvalue weighted by molar-refractivity contribution is 6.23. The number of rotatable bonds is 7. The molecule has 12 heteroatoms. The fourth-order valence-corrected chi connectivity index (χ4v) is 7.64. The first-order valence-electron chi connectivity index (χ1n) is 16.9. The van der Waals surface area contributed by atoms with Crippen molar-refractivity contribution in [2.45, 2.75) is 64.5 Å². The maximum Gasteiger partial charge on any atom is 0.262 e. The van der Waals surface area contributed by atoms with Gasteiger partial charge in [0.25, 0.3) is 17.7 Å². The van der Waals surface area contributed by atoms with Gasteiger partial charge in [-0.05, 0) is 73.8 Å². The number of piperidine rings is 2. The lowest BCUT2D eigenvalue weighted by molar-refractivity contribution is -0.136. The number of anilines is 2. The summed E-state index contributed by atoms with van der Waals surface area (Å²) in [5, 5.41) is 5.40. The number of imide groups is 2. The van der Waals surface area contributed by atoms with E-state index < -0.39 is 23.8 Å². The van der Waals surface area contributed by atoms with Crippen molar-refractivity contribution in [3.05, 3.63) is 53.2 Å². The summed E-state index contributed by atoms with van der Waals surface area (Å²) >= 11 is 0. The molecule has 12 nitrogen and oxygen atoms in total. The zero-order valence-corrected chi connectivity index (χ0v) is 27.2. The van der Waals surface area contributed by atoms with Gasteiger partial charge in [0.05, 0.1) is 16.7 Å². The average molecular weight is 642 g/mol. The first kappa shape index (κ1) is 31.3. The van der Waals surface area contributed by atoms with E-state index >= 15 is 0 Å². The van der Waals surface area contributed by atoms with Gasteiger partial charge in [0.15, 0.2) is 0 Å². The molecule has 5 heterocycles. The molecule has 4 aliphatic heterocycles. The summed E-state index contributed by atoms with van der Waals surface area (Å²) in [4.78, 5) is 75.7. The van der Waals surface area contributed by atoms with Crippen LogP contribution in [-0.2, 0) is 9.59 Å². The van der Waals surface area contributed by atoms with Gasteiger partial charge < -0.3 is 15.1 Å². The van der Waals surface area contributed by atoms with E-state index in [0.29, 0.717) is 22.6 Å². The second kappa shape index (κ2) is 12.4. The first-order chi connectivity index (χ1) is 22.6. The van der Waals surface area contributed by atoms with Gasteiger partial charge in [-0.3, -0.25) is 39.1 Å². The Hall–Kier alpha value is -4.32. The van der Waals surface area contributed by atoms with Crippen molar-refractivity contribution in [3.63, 3.8) is 0 Å². The lowest BCUT2D eigenvalue weighted by Crippen LogP contribution is -2.54. The number of fused-ring (bicyclic) bond motifs is 1. The van der Waals surface area contributed by atoms with Gasteiger partial charge in [-0.15, -0.1) is 0 Å². The van der Waals surface area contributed by atoms with E-state index in [-0.39, 0.29) is 36.1 Å². The molecule has 1 aromatic carbocycles. The minimum Gasteiger partial charge on any atom is -0.369 e. The van der Waals surface area contributed by atoms with Gasteiger partial charge >= 0.3 is 0 Å². The molecule has 0 bridgehead atoms. The number of benzene rings is 1. The van der Waals surface area contributed by atoms with E-state index in [1.807, 2.05) is 18.2 Å². The normalized spacial score (nSPS) is 25.0. The second-order valence-electron chi connectivity index (χ2n) is 14.4. The fourth-order valence-electron chi connectivity index (χ4n) is 7.64. The third kappa shape index (κ3) is 6.10. The van der Waals surface area contributed by atoms with E-state index in [0.717, 1.165) is 87.9 Å². The van der Waals surface area contributed by atoms with Crippen molar-refractivity contribution < 1.29 is 24.0 Å². The Morgan fingerprint density at radius 1 is 0.894 bits per heavy atom. The fraction of sp³-hybridized carbons (Fsp3) is 0.543. The molecule has 0 spiro atoms. The molecule has 2 atom stereocenters. The second-order valence-corrected chi connectivity index (χ2v) is 14.4. The Balaban J connectivity index is 0.875. The minimum atomic E-state index is -0.960. The third-order valence-electron chi connectivity index (χ3n) is 11.0. The van der Waals surface area contributed by atoms with Crippen LogP contribution in [0.5, 0.6) is 0 Å². The Kier molecular flexibility index (Phi) is 8.23. The van der Waals surface area contributed by atoms with Crippen molar-refractivity contribution in [2.75, 3.05) is 55.6 Å². The van der Waals surface area contributed by atoms with Gasteiger partial charge in [-0.1, -0.05) is 13.8 Å². The van der Waals surface area contributed by atoms with Crippen molar-refractivity contribution in [1.29, 1.82) is 0 Å². The van der Waals surface area contributed by atoms with Gasteiger partial charge in [0.1, 0.15) is 11.9 Å². The van der Waals surface area contributed by atoms with Crippen molar-refractivity contribution >= 4 is 41.0 Å². The smallest absolute Gasteiger partial charge is 0.262 e. The molecule has 248 valence electrons. The summed E-state index contributed by atoms with van der Waals surface area (Å²) < 4.78 is 0. The molecule has 1 saturated carbocycles. The van der Waals surface area contributed by atoms with Gasteiger partial charge in [0.2, 0.25) is 11.8 Å². The monoisotopic (exact) mass is 641 g/mol. The maximum absolute atomic E-state index is 13.3. The zero-order valence-electron chi connectivity index (χ0n) is 27.2. The Bertz CT molecular complexity index is 1590. The summed E-state index contributed by atoms with van der Waals surface area (Å²) in [5.41, 5.74) is 2.29. The highest BCUT2D eigenvalue weighted by Gasteiger charge is 2.45. The van der Waals surface area contributed by atoms with Crippen molar-refractivity contribution in [3.8, 4) is 0 Å². The van der Waals surface area contributed by atoms with Crippen LogP contribution in [0.4, 0.5) is 11.5 Å². The third-order valence-corrected chi connectivity index (χ3v) is 11.0. The molecule has 47 heavy (non-hydrogen) atoms. The van der Waals surface area contributed by atoms with E-state index in [1.165, 1.54) is 0 Å². The van der Waals surface area contributed by atoms with Crippen molar-refractivity contribution in [2.24, 2.45) is 11.3 Å². The van der Waals surface area contributed by atoms with Gasteiger partial charge in [-0.2, -0.15) is 0 Å². The number of hydrogen-bond donors (Lipinski definition) is 2. The predicted octanol–water partition coefficient (Wildman–Crippen LogP) is 2.44. The van der Waals surface area contributed by atoms with E-state index in [4.69, 9.17) is 0 Å². The molecule has 3 saturated heterocycles. The number of hydrogen-bond acceptors (Lipinski definition) is 9. The maximum atomic E-state index is 13.3. The molecule has 5 amide bonds. The largest absolute Gasteiger partial charge is 0.369 e. The number of carbonyl (C=O) groups excluding carboxylic acids is 5. The average Bonchev–Trinajstić information content (AvgIpc) is 3.32. The zero-order chi connectivity index (χ0) is 32.9. The quantitative estimate of drug-likeness (QED) is 0.437. The van der Waals surface area contributed by atoms with Gasteiger partial charge in [-0.25, -0.2) is 4.98 Å². The summed E-state index contributed by atoms with van der Waals surface area (Å²) in [6, 6.07) is 8.46. The van der Waals surface area contributed by atoms with Crippen LogP contribution in [0.2, 0.25) is 0 Å². The van der Waals surface area contributed by atoms with Crippen LogP contribution in [0.25, 0.3) is 0 Å². The molecule has 2 aromatic rings. The molecule has 1 aliphatic carbocycles. The van der Waals surface area contributed by atoms with E-state index in [9.17, 15) is 24.0 Å². The van der Waals surface area contributed by atoms with Crippen LogP contribution in [-0.4, -0.2) is 102 Å². The van der Waals surface area contributed by atoms with E-state index in [2.05, 4.69) is 44.2 Å². The highest BCUT2D eigenvalue weighted by Crippen LogP contribution is 2.40. The summed E-state index contributed by atoms with van der Waals surface area (Å²) in [7, 11) is 0.